The van der Waals surface area contributed by atoms with Gasteiger partial charge in [-0.2, -0.15) is 0 Å². The summed E-state index contributed by atoms with van der Waals surface area (Å²) in [6, 6.07) is 4.03. The lowest BCUT2D eigenvalue weighted by atomic mass is 10.1. The molecule has 0 aliphatic carbocycles. The Hall–Kier alpha value is -0.470. The Morgan fingerprint density at radius 1 is 1.43 bits per heavy atom. The van der Waals surface area contributed by atoms with Gasteiger partial charge in [0.05, 0.1) is 5.02 Å². The first kappa shape index (κ1) is 10.1. The van der Waals surface area contributed by atoms with Crippen LogP contribution in [0.4, 0.5) is 0 Å². The molecule has 0 radical (unpaired) electrons. The highest BCUT2D eigenvalue weighted by molar-refractivity contribution is 9.10. The monoisotopic (exact) mass is 271 g/mol. The van der Waals surface area contributed by atoms with Crippen LogP contribution in [0.5, 0.6) is 0 Å². The van der Waals surface area contributed by atoms with Crippen LogP contribution in [-0.4, -0.2) is 4.98 Å². The summed E-state index contributed by atoms with van der Waals surface area (Å²) in [6.45, 7) is 4.25. The summed E-state index contributed by atoms with van der Waals surface area (Å²) < 4.78 is 0.955. The van der Waals surface area contributed by atoms with Crippen LogP contribution in [0.25, 0.3) is 10.9 Å². The Morgan fingerprint density at radius 2 is 2.14 bits per heavy atom. The Morgan fingerprint density at radius 3 is 2.79 bits per heavy atom. The summed E-state index contributed by atoms with van der Waals surface area (Å²) >= 11 is 9.67. The molecule has 1 N–H and O–H groups in total. The molecule has 0 amide bonds. The van der Waals surface area contributed by atoms with Gasteiger partial charge in [-0.25, -0.2) is 0 Å². The van der Waals surface area contributed by atoms with E-state index in [2.05, 4.69) is 40.8 Å². The van der Waals surface area contributed by atoms with Gasteiger partial charge >= 0.3 is 0 Å². The highest BCUT2D eigenvalue weighted by Gasteiger charge is 2.10. The third-order valence-electron chi connectivity index (χ3n) is 2.56. The van der Waals surface area contributed by atoms with Crippen molar-refractivity contribution in [1.82, 2.24) is 4.98 Å². The Balaban J connectivity index is 2.87. The van der Waals surface area contributed by atoms with Crippen molar-refractivity contribution in [2.24, 2.45) is 0 Å². The van der Waals surface area contributed by atoms with Crippen LogP contribution in [0.15, 0.2) is 16.6 Å². The van der Waals surface area contributed by atoms with Gasteiger partial charge in [0.2, 0.25) is 0 Å². The molecule has 0 atom stereocenters. The van der Waals surface area contributed by atoms with Crippen molar-refractivity contribution in [3.8, 4) is 0 Å². The number of aromatic amines is 1. The number of benzene rings is 1. The summed E-state index contributed by atoms with van der Waals surface area (Å²) in [4.78, 5) is 3.38. The van der Waals surface area contributed by atoms with Crippen LogP contribution >= 0.6 is 27.5 Å². The predicted octanol–water partition coefficient (Wildman–Crippen LogP) is 4.45. The molecule has 1 aromatic heterocycles. The molecule has 0 bridgehead atoms. The highest BCUT2D eigenvalue weighted by atomic mass is 79.9. The number of halogens is 2. The second kappa shape index (κ2) is 3.59. The van der Waals surface area contributed by atoms with Gasteiger partial charge < -0.3 is 4.98 Å². The second-order valence-electron chi connectivity index (χ2n) is 3.37. The molecule has 2 rings (SSSR count). The molecule has 0 aliphatic heterocycles. The van der Waals surface area contributed by atoms with Crippen LogP contribution in [-0.2, 0) is 6.42 Å². The fraction of sp³-hybridized carbons (Fsp3) is 0.273. The number of nitrogens with one attached hydrogen (secondary N) is 1. The minimum atomic E-state index is 0.802. The molecule has 0 unspecified atom stereocenters. The summed E-state index contributed by atoms with van der Waals surface area (Å²) in [5.41, 5.74) is 3.64. The molecule has 1 heterocycles. The molecule has 1 nitrogen and oxygen atoms in total. The molecule has 14 heavy (non-hydrogen) atoms. The van der Waals surface area contributed by atoms with E-state index in [4.69, 9.17) is 11.6 Å². The lowest BCUT2D eigenvalue weighted by Crippen LogP contribution is -1.81. The van der Waals surface area contributed by atoms with Crippen molar-refractivity contribution in [1.29, 1.82) is 0 Å². The minimum Gasteiger partial charge on any atom is -0.358 e. The van der Waals surface area contributed by atoms with E-state index in [1.54, 1.807) is 0 Å². The van der Waals surface area contributed by atoms with Crippen molar-refractivity contribution < 1.29 is 0 Å². The van der Waals surface area contributed by atoms with Gasteiger partial charge in [-0.15, -0.1) is 0 Å². The number of rotatable bonds is 1. The van der Waals surface area contributed by atoms with Gasteiger partial charge in [0, 0.05) is 21.1 Å². The van der Waals surface area contributed by atoms with Gasteiger partial charge in [-0.1, -0.05) is 18.5 Å². The molecule has 0 fully saturated rings. The first-order chi connectivity index (χ1) is 6.65. The number of hydrogen-bond donors (Lipinski definition) is 1. The smallest absolute Gasteiger partial charge is 0.0644 e. The fourth-order valence-electron chi connectivity index (χ4n) is 1.78. The van der Waals surface area contributed by atoms with E-state index in [0.717, 1.165) is 26.8 Å². The van der Waals surface area contributed by atoms with Crippen molar-refractivity contribution in [2.45, 2.75) is 20.3 Å². The zero-order chi connectivity index (χ0) is 10.3. The van der Waals surface area contributed by atoms with Gasteiger partial charge in [0.25, 0.3) is 0 Å². The maximum absolute atomic E-state index is 6.23. The maximum atomic E-state index is 6.23. The van der Waals surface area contributed by atoms with Crippen LogP contribution < -0.4 is 0 Å². The van der Waals surface area contributed by atoms with Crippen molar-refractivity contribution in [3.05, 3.63) is 32.9 Å². The summed E-state index contributed by atoms with van der Waals surface area (Å²) in [5.74, 6) is 0. The second-order valence-corrected chi connectivity index (χ2v) is 4.60. The third kappa shape index (κ3) is 1.37. The molecular formula is C11H11BrClN. The van der Waals surface area contributed by atoms with E-state index in [-0.39, 0.29) is 0 Å². The van der Waals surface area contributed by atoms with E-state index in [1.165, 1.54) is 11.3 Å². The van der Waals surface area contributed by atoms with E-state index < -0.39 is 0 Å². The summed E-state index contributed by atoms with van der Waals surface area (Å²) in [6.07, 6.45) is 1.01. The molecule has 74 valence electrons. The van der Waals surface area contributed by atoms with Crippen LogP contribution in [0.2, 0.25) is 5.02 Å². The predicted molar refractivity (Wildman–Crippen MR) is 65.1 cm³/mol. The maximum Gasteiger partial charge on any atom is 0.0644 e. The largest absolute Gasteiger partial charge is 0.358 e. The van der Waals surface area contributed by atoms with Gasteiger partial charge in [0.15, 0.2) is 0 Å². The third-order valence-corrected chi connectivity index (χ3v) is 3.84. The zero-order valence-corrected chi connectivity index (χ0v) is 10.5. The number of aromatic nitrogens is 1. The van der Waals surface area contributed by atoms with Crippen molar-refractivity contribution in [2.75, 3.05) is 0 Å². The molecule has 0 aliphatic rings. The number of fused-ring (bicyclic) bond motifs is 1. The molecule has 0 spiro atoms. The molecule has 0 saturated heterocycles. The summed E-state index contributed by atoms with van der Waals surface area (Å²) in [7, 11) is 0. The number of aryl methyl sites for hydroxylation is 2. The van der Waals surface area contributed by atoms with Gasteiger partial charge in [-0.3, -0.25) is 0 Å². The topological polar surface area (TPSA) is 15.8 Å². The normalized spacial score (nSPS) is 11.1. The number of H-pyrrole nitrogens is 1. The lowest BCUT2D eigenvalue weighted by molar-refractivity contribution is 1.05. The van der Waals surface area contributed by atoms with Crippen LogP contribution in [0.3, 0.4) is 0 Å². The van der Waals surface area contributed by atoms with Crippen molar-refractivity contribution >= 4 is 38.4 Å². The van der Waals surface area contributed by atoms with E-state index in [0.29, 0.717) is 0 Å². The SMILES string of the molecule is CCc1[nH]c2ccc(Br)c(Cl)c2c1C. The Kier molecular flexibility index (Phi) is 2.58. The molecule has 1 aromatic carbocycles. The minimum absolute atomic E-state index is 0.802. The summed E-state index contributed by atoms with van der Waals surface area (Å²) in [5, 5.41) is 1.94. The van der Waals surface area contributed by atoms with E-state index in [9.17, 15) is 0 Å². The van der Waals surface area contributed by atoms with Crippen molar-refractivity contribution in [3.63, 3.8) is 0 Å². The first-order valence-corrected chi connectivity index (χ1v) is 5.77. The zero-order valence-electron chi connectivity index (χ0n) is 8.12. The average Bonchev–Trinajstić information content (AvgIpc) is 2.50. The lowest BCUT2D eigenvalue weighted by Gasteiger charge is -1.98. The Bertz CT molecular complexity index is 487. The first-order valence-electron chi connectivity index (χ1n) is 4.60. The van der Waals surface area contributed by atoms with Crippen LogP contribution in [0.1, 0.15) is 18.2 Å². The van der Waals surface area contributed by atoms with Gasteiger partial charge in [0.1, 0.15) is 0 Å². The fourth-order valence-corrected chi connectivity index (χ4v) is 2.42. The van der Waals surface area contributed by atoms with E-state index >= 15 is 0 Å². The highest BCUT2D eigenvalue weighted by Crippen LogP contribution is 2.34. The Labute approximate surface area is 96.6 Å². The molecular weight excluding hydrogens is 261 g/mol. The quantitative estimate of drug-likeness (QED) is 0.789. The molecule has 0 saturated carbocycles. The van der Waals surface area contributed by atoms with Crippen LogP contribution in [0, 0.1) is 6.92 Å². The average molecular weight is 273 g/mol. The van der Waals surface area contributed by atoms with E-state index in [1.807, 2.05) is 6.07 Å². The number of hydrogen-bond acceptors (Lipinski definition) is 0. The van der Waals surface area contributed by atoms with Gasteiger partial charge in [-0.05, 0) is 47.0 Å². The standard InChI is InChI=1S/C11H11BrClN/c1-3-8-6(2)10-9(14-8)5-4-7(12)11(10)13/h4-5,14H,3H2,1-2H3. The molecule has 2 aromatic rings. The molecule has 3 heteroatoms.